The van der Waals surface area contributed by atoms with E-state index in [2.05, 4.69) is 10.2 Å². The number of carboxylic acid groups (broad SMARTS) is 1. The average molecular weight is 333 g/mol. The van der Waals surface area contributed by atoms with Crippen LogP contribution in [0.1, 0.15) is 12.8 Å². The Balaban J connectivity index is 1.99. The summed E-state index contributed by atoms with van der Waals surface area (Å²) in [6.45, 7) is 0. The summed E-state index contributed by atoms with van der Waals surface area (Å²) in [5.41, 5.74) is 0.612. The van der Waals surface area contributed by atoms with Crippen molar-refractivity contribution >= 4 is 40.9 Å². The highest BCUT2D eigenvalue weighted by atomic mass is 35.5. The fraction of sp³-hybridized carbons (Fsp3) is 0.250. The molecule has 0 aliphatic rings. The maximum Gasteiger partial charge on any atom is 0.303 e. The fourth-order valence-electron chi connectivity index (χ4n) is 1.42. The number of hydrogen-bond donors (Lipinski definition) is 1. The number of carbonyl (C=O) groups is 1. The lowest BCUT2D eigenvalue weighted by Gasteiger charge is -1.98. The van der Waals surface area contributed by atoms with Gasteiger partial charge in [0.2, 0.25) is 5.89 Å². The molecule has 0 atom stereocenters. The molecule has 1 aromatic carbocycles. The molecule has 0 saturated heterocycles. The maximum atomic E-state index is 10.4. The molecule has 1 aromatic heterocycles. The van der Waals surface area contributed by atoms with Crippen molar-refractivity contribution in [3.05, 3.63) is 28.2 Å². The summed E-state index contributed by atoms with van der Waals surface area (Å²) < 4.78 is 5.46. The number of halogens is 2. The molecule has 0 radical (unpaired) electrons. The second-order valence-corrected chi connectivity index (χ2v) is 5.73. The van der Waals surface area contributed by atoms with Gasteiger partial charge in [-0.1, -0.05) is 35.0 Å². The lowest BCUT2D eigenvalue weighted by molar-refractivity contribution is -0.137. The molecule has 2 rings (SSSR count). The third kappa shape index (κ3) is 4.13. The van der Waals surface area contributed by atoms with Crippen LogP contribution in [0.2, 0.25) is 10.0 Å². The molecule has 2 aromatic rings. The van der Waals surface area contributed by atoms with Gasteiger partial charge in [-0.05, 0) is 24.6 Å². The summed E-state index contributed by atoms with van der Waals surface area (Å²) >= 11 is 13.2. The van der Waals surface area contributed by atoms with E-state index in [-0.39, 0.29) is 6.42 Å². The summed E-state index contributed by atoms with van der Waals surface area (Å²) in [5.74, 6) is 0.0969. The Bertz CT molecular complexity index is 618. The molecule has 5 nitrogen and oxygen atoms in total. The molecule has 0 bridgehead atoms. The number of benzene rings is 1. The molecule has 0 unspecified atom stereocenters. The predicted octanol–water partition coefficient (Wildman–Crippen LogP) is 4.00. The smallest absolute Gasteiger partial charge is 0.303 e. The van der Waals surface area contributed by atoms with Gasteiger partial charge in [-0.15, -0.1) is 10.2 Å². The van der Waals surface area contributed by atoms with Crippen molar-refractivity contribution in [1.82, 2.24) is 10.2 Å². The zero-order valence-electron chi connectivity index (χ0n) is 10.2. The largest absolute Gasteiger partial charge is 0.481 e. The van der Waals surface area contributed by atoms with Gasteiger partial charge in [0.25, 0.3) is 5.22 Å². The lowest BCUT2D eigenvalue weighted by atomic mass is 10.2. The highest BCUT2D eigenvalue weighted by Gasteiger charge is 2.12. The minimum Gasteiger partial charge on any atom is -0.481 e. The topological polar surface area (TPSA) is 76.2 Å². The molecule has 106 valence electrons. The zero-order valence-corrected chi connectivity index (χ0v) is 12.5. The Kier molecular flexibility index (Phi) is 5.28. The quantitative estimate of drug-likeness (QED) is 0.636. The highest BCUT2D eigenvalue weighted by molar-refractivity contribution is 7.99. The Morgan fingerprint density at radius 1 is 1.35 bits per heavy atom. The normalized spacial score (nSPS) is 10.7. The molecule has 0 aliphatic carbocycles. The van der Waals surface area contributed by atoms with Crippen LogP contribution in [-0.4, -0.2) is 27.0 Å². The number of aromatic nitrogens is 2. The van der Waals surface area contributed by atoms with E-state index in [4.69, 9.17) is 32.7 Å². The van der Waals surface area contributed by atoms with E-state index in [1.807, 2.05) is 0 Å². The molecule has 0 amide bonds. The lowest BCUT2D eigenvalue weighted by Crippen LogP contribution is -1.94. The van der Waals surface area contributed by atoms with Crippen LogP contribution in [0.5, 0.6) is 0 Å². The zero-order chi connectivity index (χ0) is 14.5. The van der Waals surface area contributed by atoms with Crippen LogP contribution in [0.3, 0.4) is 0 Å². The van der Waals surface area contributed by atoms with Crippen LogP contribution < -0.4 is 0 Å². The predicted molar refractivity (Wildman–Crippen MR) is 77.3 cm³/mol. The molecule has 0 aliphatic heterocycles. The van der Waals surface area contributed by atoms with Crippen LogP contribution >= 0.6 is 35.0 Å². The number of nitrogens with zero attached hydrogens (tertiary/aromatic N) is 2. The van der Waals surface area contributed by atoms with E-state index in [0.29, 0.717) is 38.9 Å². The van der Waals surface area contributed by atoms with Crippen molar-refractivity contribution in [3.8, 4) is 11.5 Å². The molecule has 1 heterocycles. The fourth-order valence-corrected chi connectivity index (χ4v) is 2.61. The van der Waals surface area contributed by atoms with Crippen LogP contribution in [0.25, 0.3) is 11.5 Å². The summed E-state index contributed by atoms with van der Waals surface area (Å²) in [4.78, 5) is 10.4. The number of rotatable bonds is 6. The van der Waals surface area contributed by atoms with E-state index < -0.39 is 5.97 Å². The number of thioether (sulfide) groups is 1. The van der Waals surface area contributed by atoms with Crippen molar-refractivity contribution < 1.29 is 14.3 Å². The van der Waals surface area contributed by atoms with Gasteiger partial charge < -0.3 is 9.52 Å². The summed E-state index contributed by atoms with van der Waals surface area (Å²) in [5, 5.41) is 17.7. The summed E-state index contributed by atoms with van der Waals surface area (Å²) in [7, 11) is 0. The maximum absolute atomic E-state index is 10.4. The van der Waals surface area contributed by atoms with E-state index in [1.165, 1.54) is 11.8 Å². The number of aliphatic carboxylic acids is 1. The number of hydrogen-bond acceptors (Lipinski definition) is 5. The summed E-state index contributed by atoms with van der Waals surface area (Å²) in [6, 6.07) is 4.99. The first-order valence-electron chi connectivity index (χ1n) is 5.70. The molecule has 0 fully saturated rings. The molecule has 20 heavy (non-hydrogen) atoms. The molecule has 1 N–H and O–H groups in total. The summed E-state index contributed by atoms with van der Waals surface area (Å²) in [6.07, 6.45) is 0.663. The third-order valence-corrected chi connectivity index (χ3v) is 3.78. The first-order chi connectivity index (χ1) is 9.56. The van der Waals surface area contributed by atoms with E-state index in [1.54, 1.807) is 18.2 Å². The van der Waals surface area contributed by atoms with E-state index in [9.17, 15) is 4.79 Å². The van der Waals surface area contributed by atoms with Gasteiger partial charge in [0.1, 0.15) is 0 Å². The van der Waals surface area contributed by atoms with Crippen molar-refractivity contribution in [2.45, 2.75) is 18.1 Å². The van der Waals surface area contributed by atoms with Crippen molar-refractivity contribution in [2.75, 3.05) is 5.75 Å². The Labute approximate surface area is 129 Å². The monoisotopic (exact) mass is 332 g/mol. The van der Waals surface area contributed by atoms with Crippen molar-refractivity contribution in [1.29, 1.82) is 0 Å². The van der Waals surface area contributed by atoms with E-state index >= 15 is 0 Å². The standard InChI is InChI=1S/C12H10Cl2N2O3S/c13-7-3-4-8(9(14)6-7)11-15-16-12(19-11)20-5-1-2-10(17)18/h3-4,6H,1-2,5H2,(H,17,18). The van der Waals surface area contributed by atoms with Gasteiger partial charge in [0.05, 0.1) is 10.6 Å². The minimum absolute atomic E-state index is 0.122. The molecular formula is C12H10Cl2N2O3S. The van der Waals surface area contributed by atoms with Crippen molar-refractivity contribution in [3.63, 3.8) is 0 Å². The van der Waals surface area contributed by atoms with Gasteiger partial charge in [0, 0.05) is 17.2 Å². The molecule has 8 heteroatoms. The second kappa shape index (κ2) is 6.97. The third-order valence-electron chi connectivity index (χ3n) is 2.33. The van der Waals surface area contributed by atoms with Crippen LogP contribution in [0, 0.1) is 0 Å². The van der Waals surface area contributed by atoms with Gasteiger partial charge in [0.15, 0.2) is 0 Å². The Hall–Kier alpha value is -1.24. The van der Waals surface area contributed by atoms with Crippen LogP contribution in [-0.2, 0) is 4.79 Å². The second-order valence-electron chi connectivity index (χ2n) is 3.84. The minimum atomic E-state index is -0.815. The first-order valence-corrected chi connectivity index (χ1v) is 7.44. The number of carboxylic acids is 1. The SMILES string of the molecule is O=C(O)CCCSc1nnc(-c2ccc(Cl)cc2Cl)o1. The Morgan fingerprint density at radius 2 is 2.15 bits per heavy atom. The Morgan fingerprint density at radius 3 is 2.85 bits per heavy atom. The molecule has 0 saturated carbocycles. The molecule has 0 spiro atoms. The molecular weight excluding hydrogens is 323 g/mol. The highest BCUT2D eigenvalue weighted by Crippen LogP contribution is 2.31. The van der Waals surface area contributed by atoms with Gasteiger partial charge >= 0.3 is 5.97 Å². The van der Waals surface area contributed by atoms with Crippen molar-refractivity contribution in [2.24, 2.45) is 0 Å². The first kappa shape index (κ1) is 15.2. The van der Waals surface area contributed by atoms with Crippen LogP contribution in [0.4, 0.5) is 0 Å². The van der Waals surface area contributed by atoms with Crippen LogP contribution in [0.15, 0.2) is 27.8 Å². The van der Waals surface area contributed by atoms with E-state index in [0.717, 1.165) is 0 Å². The average Bonchev–Trinajstić information content (AvgIpc) is 2.83. The van der Waals surface area contributed by atoms with Gasteiger partial charge in [-0.25, -0.2) is 0 Å². The van der Waals surface area contributed by atoms with Gasteiger partial charge in [-0.2, -0.15) is 0 Å². The van der Waals surface area contributed by atoms with Gasteiger partial charge in [-0.3, -0.25) is 4.79 Å².